The third kappa shape index (κ3) is 6.20. The quantitative estimate of drug-likeness (QED) is 0.190. The molecule has 3 aromatic rings. The first-order chi connectivity index (χ1) is 19.0. The van der Waals surface area contributed by atoms with E-state index in [0.29, 0.717) is 5.56 Å². The molecule has 11 heteroatoms. The van der Waals surface area contributed by atoms with E-state index >= 15 is 0 Å². The number of halogens is 1. The summed E-state index contributed by atoms with van der Waals surface area (Å²) in [5, 5.41) is 0. The fourth-order valence-electron chi connectivity index (χ4n) is 4.82. The van der Waals surface area contributed by atoms with Crippen LogP contribution in [0.25, 0.3) is 0 Å². The van der Waals surface area contributed by atoms with Gasteiger partial charge in [0.15, 0.2) is 0 Å². The number of rotatable bonds is 9. The molecule has 40 heavy (non-hydrogen) atoms. The van der Waals surface area contributed by atoms with E-state index in [0.717, 1.165) is 29.9 Å². The topological polar surface area (TPSA) is 90.4 Å². The van der Waals surface area contributed by atoms with E-state index in [9.17, 15) is 16.8 Å². The lowest BCUT2D eigenvalue weighted by Crippen LogP contribution is -2.39. The number of hydrogen-bond donors (Lipinski definition) is 0. The zero-order chi connectivity index (χ0) is 29.1. The Kier molecular flexibility index (Phi) is 9.24. The maximum absolute atomic E-state index is 13.9. The summed E-state index contributed by atoms with van der Waals surface area (Å²) >= 11 is 6.31. The molecule has 0 aromatic heterocycles. The summed E-state index contributed by atoms with van der Waals surface area (Å²) < 4.78 is 59.7. The molecular weight excluding hydrogens is 568 g/mol. The predicted octanol–water partition coefficient (Wildman–Crippen LogP) is 5.18. The van der Waals surface area contributed by atoms with Crippen molar-refractivity contribution < 1.29 is 16.8 Å². The molecule has 1 unspecified atom stereocenters. The summed E-state index contributed by atoms with van der Waals surface area (Å²) in [6, 6.07) is 20.8. The minimum Gasteiger partial charge on any atom is -0.372 e. The van der Waals surface area contributed by atoms with Gasteiger partial charge in [0.05, 0.1) is 15.7 Å². The molecule has 1 aliphatic heterocycles. The smallest absolute Gasteiger partial charge is 0.283 e. The van der Waals surface area contributed by atoms with Crippen molar-refractivity contribution in [3.05, 3.63) is 89.5 Å². The van der Waals surface area contributed by atoms with Crippen LogP contribution in [0.3, 0.4) is 0 Å². The van der Waals surface area contributed by atoms with Crippen molar-refractivity contribution in [2.75, 3.05) is 37.0 Å². The molecule has 8 nitrogen and oxygen atoms in total. The van der Waals surface area contributed by atoms with Crippen molar-refractivity contribution in [1.82, 2.24) is 9.21 Å². The number of hydrogen-bond acceptors (Lipinski definition) is 5. The summed E-state index contributed by atoms with van der Waals surface area (Å²) in [4.78, 5) is 4.08. The van der Waals surface area contributed by atoms with Gasteiger partial charge in [0, 0.05) is 31.9 Å². The van der Waals surface area contributed by atoms with Gasteiger partial charge in [-0.3, -0.25) is 0 Å². The van der Waals surface area contributed by atoms with Crippen LogP contribution in [0.5, 0.6) is 0 Å². The number of sulfonamides is 2. The molecule has 0 spiro atoms. The molecule has 1 heterocycles. The highest BCUT2D eigenvalue weighted by atomic mass is 35.5. The lowest BCUT2D eigenvalue weighted by Gasteiger charge is -2.32. The molecular formula is C29H35ClN4O4S2. The minimum atomic E-state index is -4.08. The van der Waals surface area contributed by atoms with Crippen molar-refractivity contribution in [3.8, 4) is 0 Å². The van der Waals surface area contributed by atoms with Crippen molar-refractivity contribution in [1.29, 1.82) is 0 Å². The maximum atomic E-state index is 13.9. The van der Waals surface area contributed by atoms with Gasteiger partial charge in [-0.1, -0.05) is 47.5 Å². The Balaban J connectivity index is 1.80. The Labute approximate surface area is 243 Å². The zero-order valence-corrected chi connectivity index (χ0v) is 25.5. The first-order valence-corrected chi connectivity index (χ1v) is 16.6. The fourth-order valence-corrected chi connectivity index (χ4v) is 7.71. The van der Waals surface area contributed by atoms with Crippen LogP contribution in [0.2, 0.25) is 0 Å². The average Bonchev–Trinajstić information content (AvgIpc) is 3.39. The Hall–Kier alpha value is -2.92. The Morgan fingerprint density at radius 1 is 0.825 bits per heavy atom. The summed E-state index contributed by atoms with van der Waals surface area (Å²) in [6.07, 6.45) is -0.831. The maximum Gasteiger partial charge on any atom is 0.283 e. The van der Waals surface area contributed by atoms with Gasteiger partial charge in [-0.05, 0) is 69.7 Å². The van der Waals surface area contributed by atoms with Crippen LogP contribution in [0.4, 0.5) is 5.69 Å². The Morgan fingerprint density at radius 3 is 1.85 bits per heavy atom. The normalized spacial score (nSPS) is 16.9. The number of aryl methyl sites for hydroxylation is 2. The highest BCUT2D eigenvalue weighted by Crippen LogP contribution is 2.36. The van der Waals surface area contributed by atoms with Crippen LogP contribution in [-0.4, -0.2) is 63.9 Å². The van der Waals surface area contributed by atoms with E-state index in [-0.39, 0.29) is 34.6 Å². The number of nitrogens with zero attached hydrogens (tertiary/aromatic N) is 4. The highest BCUT2D eigenvalue weighted by molar-refractivity contribution is 7.90. The molecule has 0 saturated carbocycles. The summed E-state index contributed by atoms with van der Waals surface area (Å²) in [7, 11) is -8.01. The average molecular weight is 603 g/mol. The van der Waals surface area contributed by atoms with E-state index in [2.05, 4.69) is 23.1 Å². The molecule has 214 valence electrons. The fraction of sp³-hybridized carbons (Fsp3) is 0.345. The molecule has 0 aliphatic carbocycles. The second-order valence-electron chi connectivity index (χ2n) is 9.69. The van der Waals surface area contributed by atoms with Crippen LogP contribution in [0.15, 0.2) is 87.0 Å². The monoisotopic (exact) mass is 602 g/mol. The van der Waals surface area contributed by atoms with E-state index in [1.54, 1.807) is 41.3 Å². The number of anilines is 1. The molecule has 4 rings (SSSR count). The van der Waals surface area contributed by atoms with Crippen LogP contribution in [0, 0.1) is 13.8 Å². The van der Waals surface area contributed by atoms with E-state index in [1.165, 1.54) is 16.4 Å². The first kappa shape index (κ1) is 30.0. The van der Waals surface area contributed by atoms with Gasteiger partial charge in [0.2, 0.25) is 10.0 Å². The summed E-state index contributed by atoms with van der Waals surface area (Å²) in [5.74, 6) is -0.126. The Morgan fingerprint density at radius 2 is 1.35 bits per heavy atom. The van der Waals surface area contributed by atoms with Crippen LogP contribution in [-0.2, 0) is 20.0 Å². The number of alkyl halides is 1. The van der Waals surface area contributed by atoms with Crippen molar-refractivity contribution in [2.24, 2.45) is 4.40 Å². The van der Waals surface area contributed by atoms with Crippen LogP contribution < -0.4 is 4.90 Å². The molecule has 1 fully saturated rings. The van der Waals surface area contributed by atoms with Gasteiger partial charge in [0.1, 0.15) is 12.0 Å². The van der Waals surface area contributed by atoms with Crippen molar-refractivity contribution >= 4 is 43.2 Å². The largest absolute Gasteiger partial charge is 0.372 e. The van der Waals surface area contributed by atoms with Crippen LogP contribution >= 0.6 is 11.6 Å². The zero-order valence-electron chi connectivity index (χ0n) is 23.2. The molecule has 0 N–H and O–H groups in total. The Bertz CT molecular complexity index is 1550. The standard InChI is InChI=1S/C29H35ClN4O4S2/c1-5-32(6-2)25-13-11-24(12-14-25)29-33(19-20-34(29)40(37,38)27-17-9-23(4)10-18-27)28(21-30)31-39(35,36)26-15-7-22(3)8-16-26/h7-18,29H,5-6,19-21H2,1-4H3. The first-order valence-electron chi connectivity index (χ1n) is 13.2. The second kappa shape index (κ2) is 12.3. The van der Waals surface area contributed by atoms with Gasteiger partial charge in [-0.2, -0.15) is 12.7 Å². The minimum absolute atomic E-state index is 0.0455. The highest BCUT2D eigenvalue weighted by Gasteiger charge is 2.42. The van der Waals surface area contributed by atoms with Gasteiger partial charge >= 0.3 is 0 Å². The van der Waals surface area contributed by atoms with Gasteiger partial charge in [0.25, 0.3) is 10.0 Å². The lowest BCUT2D eigenvalue weighted by molar-refractivity contribution is 0.284. The van der Waals surface area contributed by atoms with Gasteiger partial charge < -0.3 is 9.80 Å². The SMILES string of the molecule is CCN(CC)c1ccc(C2N(C(CCl)=NS(=O)(=O)c3ccc(C)cc3)CCN2S(=O)(=O)c2ccc(C)cc2)cc1. The third-order valence-electron chi connectivity index (χ3n) is 7.07. The number of benzene rings is 3. The van der Waals surface area contributed by atoms with Crippen LogP contribution in [0.1, 0.15) is 36.7 Å². The molecule has 0 amide bonds. The lowest BCUT2D eigenvalue weighted by atomic mass is 10.1. The summed E-state index contributed by atoms with van der Waals surface area (Å²) in [5.41, 5.74) is 3.57. The number of amidine groups is 1. The van der Waals surface area contributed by atoms with E-state index < -0.39 is 26.2 Å². The van der Waals surface area contributed by atoms with Crippen molar-refractivity contribution in [2.45, 2.75) is 43.7 Å². The van der Waals surface area contributed by atoms with E-state index in [1.807, 2.05) is 38.1 Å². The van der Waals surface area contributed by atoms with E-state index in [4.69, 9.17) is 11.6 Å². The van der Waals surface area contributed by atoms with Crippen molar-refractivity contribution in [3.63, 3.8) is 0 Å². The molecule has 1 atom stereocenters. The molecule has 0 radical (unpaired) electrons. The molecule has 3 aromatic carbocycles. The predicted molar refractivity (Wildman–Crippen MR) is 161 cm³/mol. The molecule has 1 saturated heterocycles. The van der Waals surface area contributed by atoms with Gasteiger partial charge in [-0.15, -0.1) is 16.0 Å². The molecule has 0 bridgehead atoms. The van der Waals surface area contributed by atoms with Gasteiger partial charge in [-0.25, -0.2) is 8.42 Å². The third-order valence-corrected chi connectivity index (χ3v) is 10.5. The second-order valence-corrected chi connectivity index (χ2v) is 13.5. The molecule has 1 aliphatic rings. The summed E-state index contributed by atoms with van der Waals surface area (Å²) in [6.45, 7) is 9.94.